The SMILES string of the molecule is O=C(Cn1cnc(S(=O)(=O)N2CCCC2)c1)Nc1ccc(-c2ccno2)cc1. The zero-order valence-electron chi connectivity index (χ0n) is 15.0. The average molecular weight is 401 g/mol. The van der Waals surface area contributed by atoms with Gasteiger partial charge in [0.15, 0.2) is 10.8 Å². The van der Waals surface area contributed by atoms with E-state index in [0.29, 0.717) is 24.5 Å². The Morgan fingerprint density at radius 2 is 1.89 bits per heavy atom. The van der Waals surface area contributed by atoms with Crippen molar-refractivity contribution < 1.29 is 17.7 Å². The highest BCUT2D eigenvalue weighted by atomic mass is 32.2. The first kappa shape index (κ1) is 18.4. The van der Waals surface area contributed by atoms with Crippen molar-refractivity contribution in [3.05, 3.63) is 49.1 Å². The summed E-state index contributed by atoms with van der Waals surface area (Å²) in [5, 5.41) is 6.40. The summed E-state index contributed by atoms with van der Waals surface area (Å²) in [6, 6.07) is 8.89. The minimum Gasteiger partial charge on any atom is -0.356 e. The Bertz CT molecular complexity index is 1050. The number of imidazole rings is 1. The molecule has 1 aromatic carbocycles. The van der Waals surface area contributed by atoms with Gasteiger partial charge in [-0.25, -0.2) is 13.4 Å². The van der Waals surface area contributed by atoms with Crippen LogP contribution < -0.4 is 5.32 Å². The lowest BCUT2D eigenvalue weighted by Crippen LogP contribution is -2.28. The lowest BCUT2D eigenvalue weighted by atomic mass is 10.1. The Balaban J connectivity index is 1.38. The molecule has 1 aliphatic rings. The molecular weight excluding hydrogens is 382 g/mol. The molecule has 28 heavy (non-hydrogen) atoms. The number of sulfonamides is 1. The minimum absolute atomic E-state index is 0.0291. The molecular formula is C18H19N5O4S. The fourth-order valence-corrected chi connectivity index (χ4v) is 4.52. The maximum atomic E-state index is 12.5. The Kier molecular flexibility index (Phi) is 4.97. The molecule has 1 fully saturated rings. The molecule has 1 saturated heterocycles. The van der Waals surface area contributed by atoms with Crippen LogP contribution in [0.15, 0.2) is 58.6 Å². The molecule has 0 aliphatic carbocycles. The van der Waals surface area contributed by atoms with Crippen LogP contribution in [0.2, 0.25) is 0 Å². The summed E-state index contributed by atoms with van der Waals surface area (Å²) < 4.78 is 33.0. The maximum absolute atomic E-state index is 12.5. The van der Waals surface area contributed by atoms with E-state index in [0.717, 1.165) is 18.4 Å². The number of amides is 1. The molecule has 1 amide bonds. The third kappa shape index (κ3) is 3.82. The highest BCUT2D eigenvalue weighted by molar-refractivity contribution is 7.89. The molecule has 0 spiro atoms. The average Bonchev–Trinajstić information content (AvgIpc) is 3.44. The van der Waals surface area contributed by atoms with E-state index in [2.05, 4.69) is 15.5 Å². The Morgan fingerprint density at radius 3 is 2.57 bits per heavy atom. The van der Waals surface area contributed by atoms with Crippen LogP contribution in [0.5, 0.6) is 0 Å². The predicted molar refractivity (Wildman–Crippen MR) is 101 cm³/mol. The van der Waals surface area contributed by atoms with E-state index in [1.165, 1.54) is 21.4 Å². The summed E-state index contributed by atoms with van der Waals surface area (Å²) in [6.07, 6.45) is 6.03. The van der Waals surface area contributed by atoms with E-state index in [-0.39, 0.29) is 17.5 Å². The van der Waals surface area contributed by atoms with Crippen LogP contribution in [-0.4, -0.2) is 46.4 Å². The van der Waals surface area contributed by atoms with Crippen molar-refractivity contribution in [3.63, 3.8) is 0 Å². The third-order valence-corrected chi connectivity index (χ3v) is 6.28. The molecule has 10 heteroatoms. The number of carbonyl (C=O) groups is 1. The van der Waals surface area contributed by atoms with Crippen LogP contribution in [0.25, 0.3) is 11.3 Å². The van der Waals surface area contributed by atoms with Gasteiger partial charge in [0.25, 0.3) is 10.0 Å². The monoisotopic (exact) mass is 401 g/mol. The van der Waals surface area contributed by atoms with Crippen LogP contribution in [0, 0.1) is 0 Å². The number of benzene rings is 1. The van der Waals surface area contributed by atoms with E-state index < -0.39 is 10.0 Å². The van der Waals surface area contributed by atoms with Crippen molar-refractivity contribution in [3.8, 4) is 11.3 Å². The lowest BCUT2D eigenvalue weighted by Gasteiger charge is -2.12. The molecule has 0 atom stereocenters. The van der Waals surface area contributed by atoms with Gasteiger partial charge in [0.05, 0.1) is 12.5 Å². The molecule has 0 saturated carbocycles. The molecule has 4 rings (SSSR count). The Morgan fingerprint density at radius 1 is 1.14 bits per heavy atom. The van der Waals surface area contributed by atoms with E-state index >= 15 is 0 Å². The third-order valence-electron chi connectivity index (χ3n) is 4.50. The van der Waals surface area contributed by atoms with Crippen LogP contribution >= 0.6 is 0 Å². The highest BCUT2D eigenvalue weighted by Crippen LogP contribution is 2.21. The second-order valence-electron chi connectivity index (χ2n) is 6.50. The first-order chi connectivity index (χ1) is 13.5. The fourth-order valence-electron chi connectivity index (χ4n) is 3.07. The molecule has 1 aliphatic heterocycles. The number of aromatic nitrogens is 3. The molecule has 2 aromatic heterocycles. The van der Waals surface area contributed by atoms with Gasteiger partial charge in [-0.1, -0.05) is 5.16 Å². The van der Waals surface area contributed by atoms with Crippen molar-refractivity contribution >= 4 is 21.6 Å². The van der Waals surface area contributed by atoms with Crippen molar-refractivity contribution in [2.75, 3.05) is 18.4 Å². The number of hydrogen-bond donors (Lipinski definition) is 1. The molecule has 0 radical (unpaired) electrons. The molecule has 1 N–H and O–H groups in total. The Hall–Kier alpha value is -2.98. The first-order valence-corrected chi connectivity index (χ1v) is 10.3. The molecule has 146 valence electrons. The van der Waals surface area contributed by atoms with Crippen molar-refractivity contribution in [2.24, 2.45) is 0 Å². The molecule has 3 heterocycles. The van der Waals surface area contributed by atoms with E-state index in [1.807, 2.05) is 12.1 Å². The number of nitrogens with one attached hydrogen (secondary N) is 1. The van der Waals surface area contributed by atoms with Gasteiger partial charge in [-0.2, -0.15) is 4.31 Å². The number of carbonyl (C=O) groups excluding carboxylic acids is 1. The quantitative estimate of drug-likeness (QED) is 0.676. The molecule has 0 bridgehead atoms. The highest BCUT2D eigenvalue weighted by Gasteiger charge is 2.29. The van der Waals surface area contributed by atoms with E-state index in [4.69, 9.17) is 4.52 Å². The van der Waals surface area contributed by atoms with Gasteiger partial charge in [-0.3, -0.25) is 4.79 Å². The minimum atomic E-state index is -3.58. The lowest BCUT2D eigenvalue weighted by molar-refractivity contribution is -0.116. The first-order valence-electron chi connectivity index (χ1n) is 8.85. The summed E-state index contributed by atoms with van der Waals surface area (Å²) in [6.45, 7) is 0.992. The second kappa shape index (κ2) is 7.56. The van der Waals surface area contributed by atoms with Gasteiger partial charge < -0.3 is 14.4 Å². The van der Waals surface area contributed by atoms with Gasteiger partial charge in [0.1, 0.15) is 6.54 Å². The summed E-state index contributed by atoms with van der Waals surface area (Å²) in [5.41, 5.74) is 1.47. The van der Waals surface area contributed by atoms with Gasteiger partial charge in [0.2, 0.25) is 5.91 Å². The number of nitrogens with zero attached hydrogens (tertiary/aromatic N) is 4. The topological polar surface area (TPSA) is 110 Å². The largest absolute Gasteiger partial charge is 0.356 e. The second-order valence-corrected chi connectivity index (χ2v) is 8.38. The summed E-state index contributed by atoms with van der Waals surface area (Å²) >= 11 is 0. The molecule has 9 nitrogen and oxygen atoms in total. The molecule has 0 unspecified atom stereocenters. The zero-order chi connectivity index (χ0) is 19.6. The smallest absolute Gasteiger partial charge is 0.262 e. The summed E-state index contributed by atoms with van der Waals surface area (Å²) in [4.78, 5) is 16.2. The van der Waals surface area contributed by atoms with E-state index in [9.17, 15) is 13.2 Å². The van der Waals surface area contributed by atoms with Crippen molar-refractivity contribution in [1.29, 1.82) is 0 Å². The van der Waals surface area contributed by atoms with Crippen LogP contribution in [0.3, 0.4) is 0 Å². The molecule has 3 aromatic rings. The van der Waals surface area contributed by atoms with Gasteiger partial charge in [0, 0.05) is 36.6 Å². The summed E-state index contributed by atoms with van der Waals surface area (Å²) in [5.74, 6) is 0.359. The fraction of sp³-hybridized carbons (Fsp3) is 0.278. The standard InChI is InChI=1S/C18H19N5O4S/c24-17(21-15-5-3-14(4-6-15)16-7-8-20-27-16)11-22-12-18(19-13-22)28(25,26)23-9-1-2-10-23/h3-8,12-13H,1-2,9-11H2,(H,21,24). The number of anilines is 1. The van der Waals surface area contributed by atoms with Crippen LogP contribution in [0.1, 0.15) is 12.8 Å². The van der Waals surface area contributed by atoms with Crippen molar-refractivity contribution in [2.45, 2.75) is 24.4 Å². The normalized spacial score (nSPS) is 15.0. The van der Waals surface area contributed by atoms with Crippen LogP contribution in [-0.2, 0) is 21.4 Å². The van der Waals surface area contributed by atoms with Crippen molar-refractivity contribution in [1.82, 2.24) is 19.0 Å². The van der Waals surface area contributed by atoms with E-state index in [1.54, 1.807) is 24.4 Å². The van der Waals surface area contributed by atoms with Crippen LogP contribution in [0.4, 0.5) is 5.69 Å². The van der Waals surface area contributed by atoms with Gasteiger partial charge in [-0.05, 0) is 37.1 Å². The van der Waals surface area contributed by atoms with Gasteiger partial charge >= 0.3 is 0 Å². The van der Waals surface area contributed by atoms with Gasteiger partial charge in [-0.15, -0.1) is 0 Å². The zero-order valence-corrected chi connectivity index (χ0v) is 15.8. The maximum Gasteiger partial charge on any atom is 0.262 e. The Labute approximate surface area is 162 Å². The number of hydrogen-bond acceptors (Lipinski definition) is 6. The predicted octanol–water partition coefficient (Wildman–Crippen LogP) is 1.96. The summed E-state index contributed by atoms with van der Waals surface area (Å²) in [7, 11) is -3.58. The number of rotatable bonds is 6.